The number of hydrogen-bond acceptors (Lipinski definition) is 4. The maximum atomic E-state index is 5.36. The second-order valence-corrected chi connectivity index (χ2v) is 5.56. The molecule has 2 aromatic heterocycles. The van der Waals surface area contributed by atoms with Crippen molar-refractivity contribution < 1.29 is 4.42 Å². The largest absolute Gasteiger partial charge is 0.469 e. The van der Waals surface area contributed by atoms with Gasteiger partial charge in [0.05, 0.1) is 19.4 Å². The van der Waals surface area contributed by atoms with Crippen LogP contribution < -0.4 is 10.6 Å². The quantitative estimate of drug-likeness (QED) is 0.508. The Morgan fingerprint density at radius 2 is 2.04 bits per heavy atom. The summed E-state index contributed by atoms with van der Waals surface area (Å²) in [5, 5.41) is 10.7. The highest BCUT2D eigenvalue weighted by molar-refractivity contribution is 5.79. The van der Waals surface area contributed by atoms with E-state index in [9.17, 15) is 0 Å². The molecule has 0 aliphatic rings. The molecule has 2 heterocycles. The van der Waals surface area contributed by atoms with Crippen molar-refractivity contribution in [2.75, 3.05) is 6.54 Å². The molecule has 0 spiro atoms. The van der Waals surface area contributed by atoms with E-state index >= 15 is 0 Å². The second kappa shape index (κ2) is 8.68. The van der Waals surface area contributed by atoms with Crippen LogP contribution in [0.2, 0.25) is 0 Å². The van der Waals surface area contributed by atoms with Gasteiger partial charge in [-0.25, -0.2) is 9.98 Å². The minimum atomic E-state index is 0.553. The van der Waals surface area contributed by atoms with Gasteiger partial charge in [-0.2, -0.15) is 5.10 Å². The molecule has 0 aliphatic carbocycles. The van der Waals surface area contributed by atoms with Crippen LogP contribution in [0.15, 0.2) is 64.5 Å². The van der Waals surface area contributed by atoms with Gasteiger partial charge < -0.3 is 15.1 Å². The summed E-state index contributed by atoms with van der Waals surface area (Å²) in [6, 6.07) is 14.0. The lowest BCUT2D eigenvalue weighted by atomic mass is 10.2. The molecule has 7 heteroatoms. The smallest absolute Gasteiger partial charge is 0.191 e. The Kier molecular flexibility index (Phi) is 5.82. The monoisotopic (exact) mass is 338 g/mol. The third-order valence-electron chi connectivity index (χ3n) is 3.73. The van der Waals surface area contributed by atoms with Gasteiger partial charge in [0.2, 0.25) is 0 Å². The number of aliphatic imine (C=N–C) groups is 1. The van der Waals surface area contributed by atoms with Crippen LogP contribution in [0.1, 0.15) is 17.1 Å². The van der Waals surface area contributed by atoms with Gasteiger partial charge in [-0.1, -0.05) is 30.3 Å². The van der Waals surface area contributed by atoms with E-state index in [-0.39, 0.29) is 0 Å². The first kappa shape index (κ1) is 16.8. The predicted octanol–water partition coefficient (Wildman–Crippen LogP) is 1.89. The molecule has 1 aromatic carbocycles. The molecule has 130 valence electrons. The lowest BCUT2D eigenvalue weighted by Crippen LogP contribution is -2.38. The van der Waals surface area contributed by atoms with Gasteiger partial charge >= 0.3 is 0 Å². The molecule has 3 rings (SSSR count). The average molecular weight is 338 g/mol. The molecular weight excluding hydrogens is 316 g/mol. The van der Waals surface area contributed by atoms with E-state index in [0.717, 1.165) is 36.1 Å². The summed E-state index contributed by atoms with van der Waals surface area (Å²) < 4.78 is 7.10. The highest BCUT2D eigenvalue weighted by Crippen LogP contribution is 2.01. The molecule has 25 heavy (non-hydrogen) atoms. The minimum Gasteiger partial charge on any atom is -0.469 e. The van der Waals surface area contributed by atoms with Crippen molar-refractivity contribution in [1.29, 1.82) is 0 Å². The summed E-state index contributed by atoms with van der Waals surface area (Å²) in [6.07, 6.45) is 4.02. The topological polar surface area (TPSA) is 80.3 Å². The summed E-state index contributed by atoms with van der Waals surface area (Å²) in [6.45, 7) is 1.89. The molecule has 0 fully saturated rings. The Balaban J connectivity index is 1.58. The van der Waals surface area contributed by atoms with E-state index in [2.05, 4.69) is 37.8 Å². The molecule has 0 atom stereocenters. The number of nitrogens with one attached hydrogen (secondary N) is 2. The zero-order valence-corrected chi connectivity index (χ0v) is 14.2. The van der Waals surface area contributed by atoms with Crippen molar-refractivity contribution >= 4 is 5.96 Å². The van der Waals surface area contributed by atoms with Gasteiger partial charge in [0.25, 0.3) is 0 Å². The van der Waals surface area contributed by atoms with E-state index in [1.165, 1.54) is 0 Å². The molecule has 2 N–H and O–H groups in total. The maximum absolute atomic E-state index is 5.36. The van der Waals surface area contributed by atoms with Gasteiger partial charge in [-0.05, 0) is 17.7 Å². The molecule has 7 nitrogen and oxygen atoms in total. The number of nitrogens with zero attached hydrogens (tertiary/aromatic N) is 4. The Hall–Kier alpha value is -3.09. The summed E-state index contributed by atoms with van der Waals surface area (Å²) in [5.74, 6) is 2.53. The third-order valence-corrected chi connectivity index (χ3v) is 3.73. The molecule has 0 bridgehead atoms. The first-order valence-electron chi connectivity index (χ1n) is 8.22. The fourth-order valence-electron chi connectivity index (χ4n) is 2.33. The van der Waals surface area contributed by atoms with Gasteiger partial charge in [-0.15, -0.1) is 0 Å². The molecule has 3 aromatic rings. The summed E-state index contributed by atoms with van der Waals surface area (Å²) >= 11 is 0. The van der Waals surface area contributed by atoms with Gasteiger partial charge in [0, 0.05) is 20.0 Å². The summed E-state index contributed by atoms with van der Waals surface area (Å²) in [5.41, 5.74) is 1.16. The number of guanidine groups is 1. The van der Waals surface area contributed by atoms with Crippen LogP contribution >= 0.6 is 0 Å². The number of aryl methyl sites for hydroxylation is 1. The van der Waals surface area contributed by atoms with Crippen LogP contribution in [-0.2, 0) is 26.6 Å². The second-order valence-electron chi connectivity index (χ2n) is 5.56. The van der Waals surface area contributed by atoms with E-state index in [1.807, 2.05) is 37.4 Å². The fourth-order valence-corrected chi connectivity index (χ4v) is 2.33. The van der Waals surface area contributed by atoms with Crippen molar-refractivity contribution in [3.05, 3.63) is 72.2 Å². The van der Waals surface area contributed by atoms with Crippen LogP contribution in [0, 0.1) is 0 Å². The number of aromatic nitrogens is 3. The zero-order chi connectivity index (χ0) is 17.3. The van der Waals surface area contributed by atoms with Crippen molar-refractivity contribution in [3.8, 4) is 0 Å². The van der Waals surface area contributed by atoms with Gasteiger partial charge in [0.15, 0.2) is 5.96 Å². The predicted molar refractivity (Wildman–Crippen MR) is 95.8 cm³/mol. The van der Waals surface area contributed by atoms with E-state index in [0.29, 0.717) is 13.1 Å². The number of furan rings is 1. The van der Waals surface area contributed by atoms with E-state index in [1.54, 1.807) is 17.3 Å². The minimum absolute atomic E-state index is 0.553. The van der Waals surface area contributed by atoms with Crippen molar-refractivity contribution in [2.45, 2.75) is 19.5 Å². The highest BCUT2D eigenvalue weighted by atomic mass is 16.3. The highest BCUT2D eigenvalue weighted by Gasteiger charge is 2.04. The van der Waals surface area contributed by atoms with Crippen molar-refractivity contribution in [1.82, 2.24) is 25.4 Å². The van der Waals surface area contributed by atoms with Crippen LogP contribution in [0.3, 0.4) is 0 Å². The first-order valence-corrected chi connectivity index (χ1v) is 8.22. The Morgan fingerprint density at radius 3 is 2.76 bits per heavy atom. The summed E-state index contributed by atoms with van der Waals surface area (Å²) in [7, 11) is 1.87. The fraction of sp³-hybridized carbons (Fsp3) is 0.278. The molecule has 0 saturated carbocycles. The zero-order valence-electron chi connectivity index (χ0n) is 14.2. The normalized spacial score (nSPS) is 11.5. The Morgan fingerprint density at radius 1 is 1.16 bits per heavy atom. The van der Waals surface area contributed by atoms with Crippen molar-refractivity contribution in [3.63, 3.8) is 0 Å². The lowest BCUT2D eigenvalue weighted by molar-refractivity contribution is 0.506. The van der Waals surface area contributed by atoms with Crippen LogP contribution in [-0.4, -0.2) is 27.3 Å². The molecule has 0 radical (unpaired) electrons. The van der Waals surface area contributed by atoms with Crippen molar-refractivity contribution in [2.24, 2.45) is 12.0 Å². The van der Waals surface area contributed by atoms with E-state index in [4.69, 9.17) is 4.42 Å². The standard InChI is InChI=1S/C18H22N6O/c1-24-17(22-14-23-24)13-21-18(19-10-9-16-8-5-11-25-16)20-12-15-6-3-2-4-7-15/h2-8,11,14H,9-10,12-13H2,1H3,(H2,19,20,21). The van der Waals surface area contributed by atoms with Gasteiger partial charge in [0.1, 0.15) is 17.9 Å². The lowest BCUT2D eigenvalue weighted by Gasteiger charge is -2.12. The Labute approximate surface area is 146 Å². The molecular formula is C18H22N6O. The van der Waals surface area contributed by atoms with Gasteiger partial charge in [-0.3, -0.25) is 4.68 Å². The molecule has 0 aliphatic heterocycles. The number of hydrogen-bond donors (Lipinski definition) is 2. The maximum Gasteiger partial charge on any atom is 0.191 e. The summed E-state index contributed by atoms with van der Waals surface area (Å²) in [4.78, 5) is 8.87. The number of benzene rings is 1. The van der Waals surface area contributed by atoms with E-state index < -0.39 is 0 Å². The Bertz CT molecular complexity index is 779. The first-order chi connectivity index (χ1) is 12.3. The number of rotatable bonds is 7. The molecule has 0 amide bonds. The van der Waals surface area contributed by atoms with Crippen LogP contribution in [0.4, 0.5) is 0 Å². The van der Waals surface area contributed by atoms with Crippen LogP contribution in [0.25, 0.3) is 0 Å². The SMILES string of the molecule is Cn1ncnc1CNC(=NCc1ccccc1)NCCc1ccco1. The third kappa shape index (κ3) is 5.20. The van der Waals surface area contributed by atoms with Crippen LogP contribution in [0.5, 0.6) is 0 Å². The molecule has 0 saturated heterocycles. The molecule has 0 unspecified atom stereocenters. The average Bonchev–Trinajstić information content (AvgIpc) is 3.29.